The summed E-state index contributed by atoms with van der Waals surface area (Å²) in [5, 5.41) is 0. The Labute approximate surface area is 128 Å². The molecule has 1 aromatic carbocycles. The van der Waals surface area contributed by atoms with Crippen LogP contribution in [0.2, 0.25) is 0 Å². The van der Waals surface area contributed by atoms with Crippen molar-refractivity contribution in [2.45, 2.75) is 44.3 Å². The van der Waals surface area contributed by atoms with Crippen LogP contribution in [-0.4, -0.2) is 29.8 Å². The van der Waals surface area contributed by atoms with Crippen LogP contribution in [0.5, 0.6) is 0 Å². The molecule has 1 saturated carbocycles. The molecule has 2 aliphatic rings. The predicted octanol–water partition coefficient (Wildman–Crippen LogP) is 4.15. The molecule has 120 valence electrons. The van der Waals surface area contributed by atoms with Crippen LogP contribution in [0, 0.1) is 5.92 Å². The number of hydrogen-bond acceptors (Lipinski definition) is 2. The average molecular weight is 311 g/mol. The highest BCUT2D eigenvalue weighted by Crippen LogP contribution is 2.32. The van der Waals surface area contributed by atoms with E-state index in [9.17, 15) is 18.0 Å². The number of carbonyl (C=O) groups excluding carboxylic acids is 1. The van der Waals surface area contributed by atoms with Gasteiger partial charge in [0, 0.05) is 24.1 Å². The van der Waals surface area contributed by atoms with E-state index < -0.39 is 11.7 Å². The van der Waals surface area contributed by atoms with Crippen LogP contribution in [0.4, 0.5) is 13.2 Å². The van der Waals surface area contributed by atoms with Crippen LogP contribution in [-0.2, 0) is 6.18 Å². The molecule has 2 nitrogen and oxygen atoms in total. The van der Waals surface area contributed by atoms with Gasteiger partial charge in [-0.25, -0.2) is 0 Å². The minimum absolute atomic E-state index is 0.143. The second kappa shape index (κ2) is 6.03. The van der Waals surface area contributed by atoms with Crippen LogP contribution in [0.1, 0.15) is 48.0 Å². The second-order valence-corrected chi connectivity index (χ2v) is 6.36. The fourth-order valence-electron chi connectivity index (χ4n) is 3.39. The third-order valence-electron chi connectivity index (χ3n) is 4.89. The molecule has 1 aliphatic carbocycles. The number of nitrogens with zero attached hydrogens (tertiary/aromatic N) is 1. The van der Waals surface area contributed by atoms with Gasteiger partial charge >= 0.3 is 6.18 Å². The lowest BCUT2D eigenvalue weighted by Crippen LogP contribution is -2.47. The maximum absolute atomic E-state index is 12.8. The van der Waals surface area contributed by atoms with Gasteiger partial charge in [-0.1, -0.05) is 18.6 Å². The van der Waals surface area contributed by atoms with Crippen LogP contribution < -0.4 is 0 Å². The highest BCUT2D eigenvalue weighted by molar-refractivity contribution is 5.98. The summed E-state index contributed by atoms with van der Waals surface area (Å²) in [4.78, 5) is 14.9. The molecule has 1 unspecified atom stereocenters. The molecule has 0 amide bonds. The Morgan fingerprint density at radius 2 is 1.91 bits per heavy atom. The summed E-state index contributed by atoms with van der Waals surface area (Å²) in [5.74, 6) is -0.312. The van der Waals surface area contributed by atoms with E-state index in [2.05, 4.69) is 4.90 Å². The first kappa shape index (κ1) is 15.5. The Bertz CT molecular complexity index is 551. The van der Waals surface area contributed by atoms with Gasteiger partial charge in [-0.05, 0) is 44.4 Å². The van der Waals surface area contributed by atoms with Crippen molar-refractivity contribution in [2.24, 2.45) is 5.92 Å². The molecule has 1 saturated heterocycles. The van der Waals surface area contributed by atoms with Gasteiger partial charge in [-0.2, -0.15) is 13.2 Å². The summed E-state index contributed by atoms with van der Waals surface area (Å²) >= 11 is 0. The summed E-state index contributed by atoms with van der Waals surface area (Å²) in [5.41, 5.74) is -0.555. The lowest BCUT2D eigenvalue weighted by molar-refractivity contribution is -0.137. The topological polar surface area (TPSA) is 20.3 Å². The number of Topliss-reactive ketones (excluding diaryl/α,β-unsaturated/α-hetero) is 1. The molecule has 22 heavy (non-hydrogen) atoms. The van der Waals surface area contributed by atoms with E-state index in [1.54, 1.807) is 0 Å². The Morgan fingerprint density at radius 3 is 2.55 bits per heavy atom. The van der Waals surface area contributed by atoms with Gasteiger partial charge in [0.15, 0.2) is 5.78 Å². The first-order valence-corrected chi connectivity index (χ1v) is 7.90. The predicted molar refractivity (Wildman–Crippen MR) is 77.7 cm³/mol. The minimum atomic E-state index is -4.40. The first-order chi connectivity index (χ1) is 10.4. The maximum Gasteiger partial charge on any atom is 0.416 e. The standard InChI is InChI=1S/C17H20F3NO/c18-17(19,20)14-6-1-4-12(10-14)16(22)13-5-3-9-21(11-13)15-7-2-8-15/h1,4,6,10,13,15H,2-3,5,7-9,11H2. The molecule has 1 aromatic rings. The normalized spacial score (nSPS) is 24.0. The molecule has 2 fully saturated rings. The summed E-state index contributed by atoms with van der Waals surface area (Å²) in [6, 6.07) is 5.41. The first-order valence-electron chi connectivity index (χ1n) is 7.90. The molecular weight excluding hydrogens is 291 g/mol. The van der Waals surface area contributed by atoms with Crippen LogP contribution in [0.15, 0.2) is 24.3 Å². The number of piperidine rings is 1. The molecule has 5 heteroatoms. The number of hydrogen-bond donors (Lipinski definition) is 0. The van der Waals surface area contributed by atoms with Crippen molar-refractivity contribution < 1.29 is 18.0 Å². The molecule has 0 radical (unpaired) electrons. The summed E-state index contributed by atoms with van der Waals surface area (Å²) in [6.07, 6.45) is 0.938. The number of likely N-dealkylation sites (tertiary alicyclic amines) is 1. The SMILES string of the molecule is O=C(c1cccc(C(F)(F)F)c1)C1CCCN(C2CCC2)C1. The van der Waals surface area contributed by atoms with Gasteiger partial charge in [0.2, 0.25) is 0 Å². The maximum atomic E-state index is 12.8. The number of ketones is 1. The molecule has 0 bridgehead atoms. The quantitative estimate of drug-likeness (QED) is 0.782. The Morgan fingerprint density at radius 1 is 1.14 bits per heavy atom. The number of benzene rings is 1. The van der Waals surface area contributed by atoms with Gasteiger partial charge in [-0.3, -0.25) is 9.69 Å². The van der Waals surface area contributed by atoms with Gasteiger partial charge in [0.1, 0.15) is 0 Å². The van der Waals surface area contributed by atoms with E-state index >= 15 is 0 Å². The van der Waals surface area contributed by atoms with Crippen LogP contribution in [0.3, 0.4) is 0 Å². The van der Waals surface area contributed by atoms with Crippen LogP contribution >= 0.6 is 0 Å². The Balaban J connectivity index is 1.73. The van der Waals surface area contributed by atoms with Crippen molar-refractivity contribution in [3.8, 4) is 0 Å². The number of alkyl halides is 3. The summed E-state index contributed by atoms with van der Waals surface area (Å²) in [7, 11) is 0. The van der Waals surface area contributed by atoms with Crippen molar-refractivity contribution >= 4 is 5.78 Å². The van der Waals surface area contributed by atoms with Crippen LogP contribution in [0.25, 0.3) is 0 Å². The van der Waals surface area contributed by atoms with Gasteiger partial charge < -0.3 is 0 Å². The van der Waals surface area contributed by atoms with Crippen molar-refractivity contribution in [3.05, 3.63) is 35.4 Å². The van der Waals surface area contributed by atoms with Crippen molar-refractivity contribution in [1.82, 2.24) is 4.90 Å². The molecule has 1 aliphatic heterocycles. The van der Waals surface area contributed by atoms with Crippen molar-refractivity contribution in [1.29, 1.82) is 0 Å². The third kappa shape index (κ3) is 3.19. The minimum Gasteiger partial charge on any atom is -0.300 e. The largest absolute Gasteiger partial charge is 0.416 e. The van der Waals surface area contributed by atoms with E-state index in [4.69, 9.17) is 0 Å². The van der Waals surface area contributed by atoms with E-state index in [-0.39, 0.29) is 17.3 Å². The number of carbonyl (C=O) groups is 1. The second-order valence-electron chi connectivity index (χ2n) is 6.36. The summed E-state index contributed by atoms with van der Waals surface area (Å²) in [6.45, 7) is 1.71. The van der Waals surface area contributed by atoms with Gasteiger partial charge in [0.05, 0.1) is 5.56 Å². The third-order valence-corrected chi connectivity index (χ3v) is 4.89. The van der Waals surface area contributed by atoms with Gasteiger partial charge in [0.25, 0.3) is 0 Å². The van der Waals surface area contributed by atoms with Crippen molar-refractivity contribution in [2.75, 3.05) is 13.1 Å². The van der Waals surface area contributed by atoms with E-state index in [0.717, 1.165) is 31.5 Å². The smallest absolute Gasteiger partial charge is 0.300 e. The highest BCUT2D eigenvalue weighted by atomic mass is 19.4. The monoisotopic (exact) mass is 311 g/mol. The fourth-order valence-corrected chi connectivity index (χ4v) is 3.39. The van der Waals surface area contributed by atoms with E-state index in [1.165, 1.54) is 31.4 Å². The summed E-state index contributed by atoms with van der Waals surface area (Å²) < 4.78 is 38.3. The van der Waals surface area contributed by atoms with E-state index in [1.807, 2.05) is 0 Å². The lowest BCUT2D eigenvalue weighted by atomic mass is 9.85. The molecule has 0 aromatic heterocycles. The zero-order valence-electron chi connectivity index (χ0n) is 12.4. The molecule has 0 spiro atoms. The lowest BCUT2D eigenvalue weighted by Gasteiger charge is -2.42. The Kier molecular flexibility index (Phi) is 4.26. The van der Waals surface area contributed by atoms with Gasteiger partial charge in [-0.15, -0.1) is 0 Å². The highest BCUT2D eigenvalue weighted by Gasteiger charge is 2.34. The number of rotatable bonds is 3. The number of halogens is 3. The Hall–Kier alpha value is -1.36. The van der Waals surface area contributed by atoms with Crippen molar-refractivity contribution in [3.63, 3.8) is 0 Å². The zero-order chi connectivity index (χ0) is 15.7. The molecule has 3 rings (SSSR count). The molecule has 1 heterocycles. The zero-order valence-corrected chi connectivity index (χ0v) is 12.4. The fraction of sp³-hybridized carbons (Fsp3) is 0.588. The molecule has 1 atom stereocenters. The average Bonchev–Trinajstić information content (AvgIpc) is 2.44. The molecule has 0 N–H and O–H groups in total. The van der Waals surface area contributed by atoms with E-state index in [0.29, 0.717) is 12.6 Å². The molecular formula is C17H20F3NO.